The number of hydrogen-bond donors (Lipinski definition) is 2. The van der Waals surface area contributed by atoms with Crippen molar-refractivity contribution in [3.05, 3.63) is 65.5 Å². The van der Waals surface area contributed by atoms with Crippen molar-refractivity contribution in [3.63, 3.8) is 0 Å². The molecule has 0 bridgehead atoms. The predicted molar refractivity (Wildman–Crippen MR) is 118 cm³/mol. The molecule has 1 atom stereocenters. The SMILES string of the molecule is C[C@H](NS(=O)(=O)c1ccccc1F)C(=O)NCc1ccc(CN2CCCCCC2)cc1. The number of nitrogens with one attached hydrogen (secondary N) is 2. The molecule has 2 aromatic rings. The second-order valence-corrected chi connectivity index (χ2v) is 9.68. The highest BCUT2D eigenvalue weighted by Gasteiger charge is 2.24. The van der Waals surface area contributed by atoms with Crippen molar-refractivity contribution < 1.29 is 17.6 Å². The van der Waals surface area contributed by atoms with Crippen LogP contribution in [0.2, 0.25) is 0 Å². The number of likely N-dealkylation sites (tertiary alicyclic amines) is 1. The summed E-state index contributed by atoms with van der Waals surface area (Å²) in [5.74, 6) is -1.34. The van der Waals surface area contributed by atoms with E-state index in [0.29, 0.717) is 0 Å². The van der Waals surface area contributed by atoms with Crippen molar-refractivity contribution >= 4 is 15.9 Å². The molecule has 1 saturated heterocycles. The first-order valence-electron chi connectivity index (χ1n) is 10.7. The van der Waals surface area contributed by atoms with Crippen LogP contribution in [-0.4, -0.2) is 38.4 Å². The van der Waals surface area contributed by atoms with Crippen LogP contribution in [0.3, 0.4) is 0 Å². The lowest BCUT2D eigenvalue weighted by atomic mass is 10.1. The lowest BCUT2D eigenvalue weighted by molar-refractivity contribution is -0.122. The summed E-state index contributed by atoms with van der Waals surface area (Å²) in [7, 11) is -4.13. The molecule has 0 saturated carbocycles. The number of rotatable bonds is 8. The van der Waals surface area contributed by atoms with Crippen molar-refractivity contribution in [2.75, 3.05) is 13.1 Å². The van der Waals surface area contributed by atoms with Crippen LogP contribution in [0, 0.1) is 5.82 Å². The molecule has 2 aromatic carbocycles. The highest BCUT2D eigenvalue weighted by molar-refractivity contribution is 7.89. The predicted octanol–water partition coefficient (Wildman–Crippen LogP) is 3.18. The normalized spacial score (nSPS) is 16.5. The fraction of sp³-hybridized carbons (Fsp3) is 0.435. The van der Waals surface area contributed by atoms with E-state index in [1.54, 1.807) is 0 Å². The van der Waals surface area contributed by atoms with Gasteiger partial charge in [-0.15, -0.1) is 0 Å². The van der Waals surface area contributed by atoms with Crippen LogP contribution in [0.5, 0.6) is 0 Å². The average molecular weight is 448 g/mol. The standard InChI is InChI=1S/C23H30FN3O3S/c1-18(26-31(29,30)22-9-5-4-8-21(22)24)23(28)25-16-19-10-12-20(13-11-19)17-27-14-6-2-3-7-15-27/h4-5,8-13,18,26H,2-3,6-7,14-17H2,1H3,(H,25,28)/t18-/m0/s1. The summed E-state index contributed by atoms with van der Waals surface area (Å²) in [6.07, 6.45) is 5.12. The van der Waals surface area contributed by atoms with Gasteiger partial charge in [0.1, 0.15) is 10.7 Å². The van der Waals surface area contributed by atoms with E-state index in [1.165, 1.54) is 50.3 Å². The van der Waals surface area contributed by atoms with Crippen LogP contribution in [0.25, 0.3) is 0 Å². The fourth-order valence-electron chi connectivity index (χ4n) is 3.67. The third-order valence-electron chi connectivity index (χ3n) is 5.45. The van der Waals surface area contributed by atoms with Gasteiger partial charge in [-0.05, 0) is 56.1 Å². The van der Waals surface area contributed by atoms with Gasteiger partial charge in [-0.2, -0.15) is 4.72 Å². The zero-order valence-electron chi connectivity index (χ0n) is 17.8. The van der Waals surface area contributed by atoms with E-state index in [-0.39, 0.29) is 6.54 Å². The molecule has 2 N–H and O–H groups in total. The van der Waals surface area contributed by atoms with Crippen molar-refractivity contribution in [1.82, 2.24) is 14.9 Å². The van der Waals surface area contributed by atoms with Gasteiger partial charge in [0, 0.05) is 13.1 Å². The maximum Gasteiger partial charge on any atom is 0.244 e. The van der Waals surface area contributed by atoms with Gasteiger partial charge in [-0.1, -0.05) is 49.2 Å². The van der Waals surface area contributed by atoms with Crippen LogP contribution < -0.4 is 10.0 Å². The fourth-order valence-corrected chi connectivity index (χ4v) is 4.95. The molecule has 0 aliphatic carbocycles. The number of hydrogen-bond acceptors (Lipinski definition) is 4. The van der Waals surface area contributed by atoms with Crippen molar-refractivity contribution in [2.24, 2.45) is 0 Å². The van der Waals surface area contributed by atoms with Gasteiger partial charge >= 0.3 is 0 Å². The summed E-state index contributed by atoms with van der Waals surface area (Å²) in [6.45, 7) is 4.92. The van der Waals surface area contributed by atoms with Crippen LogP contribution in [-0.2, 0) is 27.9 Å². The Kier molecular flexibility index (Phi) is 8.17. The molecular formula is C23H30FN3O3S. The van der Waals surface area contributed by atoms with E-state index < -0.39 is 32.7 Å². The Morgan fingerprint density at radius 3 is 2.26 bits per heavy atom. The molecule has 0 spiro atoms. The Morgan fingerprint density at radius 1 is 1.00 bits per heavy atom. The van der Waals surface area contributed by atoms with E-state index in [0.717, 1.165) is 37.3 Å². The first kappa shape index (κ1) is 23.4. The first-order chi connectivity index (χ1) is 14.8. The molecule has 1 aliphatic heterocycles. The Balaban J connectivity index is 1.50. The summed E-state index contributed by atoms with van der Waals surface area (Å²) in [6, 6.07) is 12.1. The molecular weight excluding hydrogens is 417 g/mol. The minimum absolute atomic E-state index is 0.286. The number of amides is 1. The Bertz CT molecular complexity index is 972. The second-order valence-electron chi connectivity index (χ2n) is 8.00. The number of halogens is 1. The Morgan fingerprint density at radius 2 is 1.61 bits per heavy atom. The van der Waals surface area contributed by atoms with E-state index in [4.69, 9.17) is 0 Å². The maximum absolute atomic E-state index is 13.8. The summed E-state index contributed by atoms with van der Waals surface area (Å²) in [5, 5.41) is 2.73. The van der Waals surface area contributed by atoms with Crippen LogP contribution in [0.4, 0.5) is 4.39 Å². The number of carbonyl (C=O) groups excluding carboxylic acids is 1. The highest BCUT2D eigenvalue weighted by Crippen LogP contribution is 2.15. The van der Waals surface area contributed by atoms with Gasteiger partial charge in [0.05, 0.1) is 6.04 Å². The Labute approximate surface area is 183 Å². The number of sulfonamides is 1. The molecule has 0 aromatic heterocycles. The zero-order chi connectivity index (χ0) is 22.3. The summed E-state index contributed by atoms with van der Waals surface area (Å²) in [4.78, 5) is 14.3. The molecule has 1 fully saturated rings. The van der Waals surface area contributed by atoms with Crippen LogP contribution in [0.15, 0.2) is 53.4 Å². The first-order valence-corrected chi connectivity index (χ1v) is 12.2. The lowest BCUT2D eigenvalue weighted by Crippen LogP contribution is -2.44. The van der Waals surface area contributed by atoms with E-state index in [2.05, 4.69) is 27.1 Å². The van der Waals surface area contributed by atoms with Crippen molar-refractivity contribution in [1.29, 1.82) is 0 Å². The third kappa shape index (κ3) is 6.85. The van der Waals surface area contributed by atoms with Crippen LogP contribution in [0.1, 0.15) is 43.7 Å². The van der Waals surface area contributed by atoms with E-state index >= 15 is 0 Å². The quantitative estimate of drug-likeness (QED) is 0.652. The minimum atomic E-state index is -4.13. The Hall–Kier alpha value is -2.29. The average Bonchev–Trinajstić information content (AvgIpc) is 3.01. The van der Waals surface area contributed by atoms with Crippen LogP contribution >= 0.6 is 0 Å². The number of carbonyl (C=O) groups is 1. The molecule has 0 radical (unpaired) electrons. The molecule has 168 valence electrons. The van der Waals surface area contributed by atoms with Gasteiger partial charge in [-0.3, -0.25) is 9.69 Å². The number of benzene rings is 2. The largest absolute Gasteiger partial charge is 0.351 e. The monoisotopic (exact) mass is 447 g/mol. The summed E-state index contributed by atoms with van der Waals surface area (Å²) in [5.41, 5.74) is 2.17. The molecule has 31 heavy (non-hydrogen) atoms. The second kappa shape index (κ2) is 10.8. The lowest BCUT2D eigenvalue weighted by Gasteiger charge is -2.20. The van der Waals surface area contributed by atoms with Gasteiger partial charge in [-0.25, -0.2) is 12.8 Å². The summed E-state index contributed by atoms with van der Waals surface area (Å²) < 4.78 is 40.7. The third-order valence-corrected chi connectivity index (χ3v) is 7.02. The smallest absolute Gasteiger partial charge is 0.244 e. The molecule has 3 rings (SSSR count). The summed E-state index contributed by atoms with van der Waals surface area (Å²) >= 11 is 0. The molecule has 1 heterocycles. The number of nitrogens with zero attached hydrogens (tertiary/aromatic N) is 1. The van der Waals surface area contributed by atoms with Gasteiger partial charge < -0.3 is 5.32 Å². The maximum atomic E-state index is 13.8. The van der Waals surface area contributed by atoms with Gasteiger partial charge in [0.2, 0.25) is 15.9 Å². The van der Waals surface area contributed by atoms with Gasteiger partial charge in [0.25, 0.3) is 0 Å². The molecule has 8 heteroatoms. The molecule has 0 unspecified atom stereocenters. The highest BCUT2D eigenvalue weighted by atomic mass is 32.2. The molecule has 1 amide bonds. The van der Waals surface area contributed by atoms with E-state index in [1.807, 2.05) is 12.1 Å². The van der Waals surface area contributed by atoms with Gasteiger partial charge in [0.15, 0.2) is 0 Å². The zero-order valence-corrected chi connectivity index (χ0v) is 18.6. The topological polar surface area (TPSA) is 78.5 Å². The minimum Gasteiger partial charge on any atom is -0.351 e. The van der Waals surface area contributed by atoms with Crippen molar-refractivity contribution in [3.8, 4) is 0 Å². The molecule has 1 aliphatic rings. The van der Waals surface area contributed by atoms with E-state index in [9.17, 15) is 17.6 Å². The van der Waals surface area contributed by atoms with Crippen molar-refractivity contribution in [2.45, 2.75) is 56.6 Å². The molecule has 6 nitrogen and oxygen atoms in total.